The smallest absolute Gasteiger partial charge is 0.278 e. The molecule has 2 amide bonds. The van der Waals surface area contributed by atoms with Crippen LogP contribution in [0.2, 0.25) is 5.02 Å². The van der Waals surface area contributed by atoms with Gasteiger partial charge in [-0.2, -0.15) is 0 Å². The highest BCUT2D eigenvalue weighted by Gasteiger charge is 2.54. The lowest BCUT2D eigenvalue weighted by atomic mass is 9.96. The number of rotatable bonds is 2. The number of amides is 2. The van der Waals surface area contributed by atoms with E-state index in [2.05, 4.69) is 10.6 Å². The summed E-state index contributed by atoms with van der Waals surface area (Å²) in [4.78, 5) is 28.1. The van der Waals surface area contributed by atoms with Gasteiger partial charge in [0, 0.05) is 16.3 Å². The molecular weight excluding hydrogens is 374 g/mol. The van der Waals surface area contributed by atoms with Crippen molar-refractivity contribution in [1.29, 1.82) is 0 Å². The number of carbonyl (C=O) groups is 2. The van der Waals surface area contributed by atoms with Gasteiger partial charge in [-0.05, 0) is 35.9 Å². The van der Waals surface area contributed by atoms with Crippen molar-refractivity contribution < 1.29 is 9.59 Å². The maximum atomic E-state index is 13.6. The van der Waals surface area contributed by atoms with Crippen LogP contribution >= 0.6 is 11.6 Å². The Kier molecular flexibility index (Phi) is 3.67. The standard InChI is InChI=1S/C22H16ClN3O2/c23-15-11-9-14(10-12-15)13-26-19-8-4-2-6-17(19)22(21(26)28)24-18-7-3-1-5-16(18)20(27)25-22/h1-12,24H,13H2,(H,25,27). The van der Waals surface area contributed by atoms with Gasteiger partial charge in [-0.3, -0.25) is 9.59 Å². The molecule has 138 valence electrons. The third-order valence-electron chi connectivity index (χ3n) is 5.21. The molecule has 0 aromatic heterocycles. The molecule has 6 heteroatoms. The van der Waals surface area contributed by atoms with Gasteiger partial charge in [-0.1, -0.05) is 54.1 Å². The molecule has 0 saturated heterocycles. The van der Waals surface area contributed by atoms with Crippen molar-refractivity contribution in [3.05, 3.63) is 94.5 Å². The van der Waals surface area contributed by atoms with Gasteiger partial charge in [0.2, 0.25) is 5.66 Å². The first-order valence-corrected chi connectivity index (χ1v) is 9.32. The highest BCUT2D eigenvalue weighted by molar-refractivity contribution is 6.30. The molecule has 2 N–H and O–H groups in total. The second-order valence-corrected chi connectivity index (χ2v) is 7.35. The molecule has 0 saturated carbocycles. The lowest BCUT2D eigenvalue weighted by molar-refractivity contribution is -0.123. The number of nitrogens with one attached hydrogen (secondary N) is 2. The molecule has 2 heterocycles. The van der Waals surface area contributed by atoms with Crippen LogP contribution in [-0.4, -0.2) is 11.8 Å². The van der Waals surface area contributed by atoms with Gasteiger partial charge in [0.25, 0.3) is 11.8 Å². The third kappa shape index (κ3) is 2.40. The van der Waals surface area contributed by atoms with E-state index in [9.17, 15) is 9.59 Å². The number of halogens is 1. The van der Waals surface area contributed by atoms with Crippen LogP contribution in [0.5, 0.6) is 0 Å². The number of benzene rings is 3. The average molecular weight is 390 g/mol. The quantitative estimate of drug-likeness (QED) is 0.699. The summed E-state index contributed by atoms with van der Waals surface area (Å²) in [6.07, 6.45) is 0. The van der Waals surface area contributed by atoms with Crippen molar-refractivity contribution in [3.63, 3.8) is 0 Å². The molecule has 3 aromatic carbocycles. The van der Waals surface area contributed by atoms with Crippen LogP contribution in [0.4, 0.5) is 11.4 Å². The number of fused-ring (bicyclic) bond motifs is 3. The third-order valence-corrected chi connectivity index (χ3v) is 5.47. The van der Waals surface area contributed by atoms with E-state index in [1.54, 1.807) is 29.2 Å². The van der Waals surface area contributed by atoms with Crippen LogP contribution in [0.25, 0.3) is 0 Å². The van der Waals surface area contributed by atoms with E-state index in [0.29, 0.717) is 22.8 Å². The van der Waals surface area contributed by atoms with Gasteiger partial charge in [-0.15, -0.1) is 0 Å². The minimum absolute atomic E-state index is 0.216. The first kappa shape index (κ1) is 16.8. The van der Waals surface area contributed by atoms with Crippen molar-refractivity contribution in [2.24, 2.45) is 0 Å². The first-order chi connectivity index (χ1) is 13.6. The highest BCUT2D eigenvalue weighted by atomic mass is 35.5. The molecule has 5 rings (SSSR count). The molecule has 28 heavy (non-hydrogen) atoms. The van der Waals surface area contributed by atoms with Gasteiger partial charge in [0.15, 0.2) is 0 Å². The Hall–Kier alpha value is -3.31. The van der Waals surface area contributed by atoms with E-state index in [-0.39, 0.29) is 11.8 Å². The molecule has 2 aliphatic rings. The fourth-order valence-corrected chi connectivity index (χ4v) is 4.01. The SMILES string of the molecule is O=C1NC2(Nc3ccccc31)C(=O)N(Cc1ccc(Cl)cc1)c1ccccc12. The van der Waals surface area contributed by atoms with Crippen LogP contribution in [0.1, 0.15) is 21.5 Å². The van der Waals surface area contributed by atoms with Crippen molar-refractivity contribution in [2.75, 3.05) is 10.2 Å². The fourth-order valence-electron chi connectivity index (χ4n) is 3.89. The summed E-state index contributed by atoms with van der Waals surface area (Å²) in [7, 11) is 0. The summed E-state index contributed by atoms with van der Waals surface area (Å²) in [5.41, 5.74) is 2.31. The molecule has 1 atom stereocenters. The van der Waals surface area contributed by atoms with Gasteiger partial charge in [0.1, 0.15) is 0 Å². The van der Waals surface area contributed by atoms with E-state index in [4.69, 9.17) is 11.6 Å². The van der Waals surface area contributed by atoms with Gasteiger partial charge < -0.3 is 15.5 Å². The van der Waals surface area contributed by atoms with Crippen molar-refractivity contribution >= 4 is 34.8 Å². The number of anilines is 2. The van der Waals surface area contributed by atoms with Crippen LogP contribution < -0.4 is 15.5 Å². The summed E-state index contributed by atoms with van der Waals surface area (Å²) < 4.78 is 0. The molecule has 0 fully saturated rings. The molecule has 3 aromatic rings. The van der Waals surface area contributed by atoms with Crippen LogP contribution in [0.3, 0.4) is 0 Å². The highest BCUT2D eigenvalue weighted by Crippen LogP contribution is 2.43. The van der Waals surface area contributed by atoms with E-state index in [0.717, 1.165) is 16.8 Å². The lowest BCUT2D eigenvalue weighted by Gasteiger charge is -2.36. The largest absolute Gasteiger partial charge is 0.350 e. The zero-order chi connectivity index (χ0) is 19.3. The number of nitrogens with zero attached hydrogens (tertiary/aromatic N) is 1. The Morgan fingerprint density at radius 2 is 1.57 bits per heavy atom. The molecule has 0 aliphatic carbocycles. The summed E-state index contributed by atoms with van der Waals surface area (Å²) in [5, 5.41) is 6.85. The first-order valence-electron chi connectivity index (χ1n) is 8.94. The summed E-state index contributed by atoms with van der Waals surface area (Å²) >= 11 is 5.98. The van der Waals surface area contributed by atoms with Gasteiger partial charge in [-0.25, -0.2) is 0 Å². The second-order valence-electron chi connectivity index (χ2n) is 6.91. The van der Waals surface area contributed by atoms with Crippen LogP contribution in [0, 0.1) is 0 Å². The second kappa shape index (κ2) is 6.11. The van der Waals surface area contributed by atoms with Crippen molar-refractivity contribution in [2.45, 2.75) is 12.2 Å². The van der Waals surface area contributed by atoms with Crippen molar-refractivity contribution in [1.82, 2.24) is 5.32 Å². The zero-order valence-electron chi connectivity index (χ0n) is 14.8. The average Bonchev–Trinajstić information content (AvgIpc) is 2.92. The normalized spacial score (nSPS) is 19.8. The fraction of sp³-hybridized carbons (Fsp3) is 0.0909. The number of para-hydroxylation sites is 2. The van der Waals surface area contributed by atoms with Crippen molar-refractivity contribution in [3.8, 4) is 0 Å². The van der Waals surface area contributed by atoms with Gasteiger partial charge in [0.05, 0.1) is 17.8 Å². The summed E-state index contributed by atoms with van der Waals surface area (Å²) in [6, 6.07) is 22.1. The molecule has 2 aliphatic heterocycles. The Balaban J connectivity index is 1.60. The van der Waals surface area contributed by atoms with Crippen LogP contribution in [-0.2, 0) is 17.0 Å². The minimum atomic E-state index is -1.31. The molecule has 0 bridgehead atoms. The number of hydrogen-bond acceptors (Lipinski definition) is 3. The Labute approximate surface area is 166 Å². The summed E-state index contributed by atoms with van der Waals surface area (Å²) in [5.74, 6) is -0.489. The van der Waals surface area contributed by atoms with E-state index in [1.807, 2.05) is 48.5 Å². The zero-order valence-corrected chi connectivity index (χ0v) is 15.5. The number of hydrogen-bond donors (Lipinski definition) is 2. The molecule has 1 unspecified atom stereocenters. The maximum Gasteiger partial charge on any atom is 0.278 e. The topological polar surface area (TPSA) is 61.4 Å². The van der Waals surface area contributed by atoms with Crippen LogP contribution in [0.15, 0.2) is 72.8 Å². The molecule has 1 spiro atoms. The molecular formula is C22H16ClN3O2. The predicted molar refractivity (Wildman–Crippen MR) is 108 cm³/mol. The minimum Gasteiger partial charge on any atom is -0.350 e. The molecule has 5 nitrogen and oxygen atoms in total. The summed E-state index contributed by atoms with van der Waals surface area (Å²) in [6.45, 7) is 0.383. The van der Waals surface area contributed by atoms with Gasteiger partial charge >= 0.3 is 0 Å². The Bertz CT molecular complexity index is 1110. The van der Waals surface area contributed by atoms with E-state index in [1.165, 1.54) is 0 Å². The Morgan fingerprint density at radius 3 is 2.39 bits per heavy atom. The molecule has 0 radical (unpaired) electrons. The Morgan fingerprint density at radius 1 is 0.857 bits per heavy atom. The maximum absolute atomic E-state index is 13.6. The van der Waals surface area contributed by atoms with E-state index < -0.39 is 5.66 Å². The van der Waals surface area contributed by atoms with E-state index >= 15 is 0 Å². The number of carbonyl (C=O) groups excluding carboxylic acids is 2. The monoisotopic (exact) mass is 389 g/mol. The predicted octanol–water partition coefficient (Wildman–Crippen LogP) is 3.90. The lowest BCUT2D eigenvalue weighted by Crippen LogP contribution is -2.60.